The van der Waals surface area contributed by atoms with Crippen LogP contribution in [0, 0.1) is 6.92 Å². The second-order valence-corrected chi connectivity index (χ2v) is 4.98. The third-order valence-corrected chi connectivity index (χ3v) is 3.08. The van der Waals surface area contributed by atoms with E-state index in [0.29, 0.717) is 11.1 Å². The monoisotopic (exact) mass is 305 g/mol. The maximum Gasteiger partial charge on any atom is 0.253 e. The van der Waals surface area contributed by atoms with Crippen LogP contribution in [0.2, 0.25) is 0 Å². The Bertz CT molecular complexity index is 632. The van der Waals surface area contributed by atoms with Crippen LogP contribution in [0.15, 0.2) is 51.9 Å². The number of carbonyl (C=O) groups excluding carboxylic acids is 1. The normalized spacial score (nSPS) is 10.3. The molecule has 1 aromatic heterocycles. The van der Waals surface area contributed by atoms with Gasteiger partial charge in [0.25, 0.3) is 5.56 Å². The van der Waals surface area contributed by atoms with Gasteiger partial charge in [-0.3, -0.25) is 9.59 Å². The van der Waals surface area contributed by atoms with E-state index in [4.69, 9.17) is 0 Å². The molecule has 18 heavy (non-hydrogen) atoms. The zero-order valence-electron chi connectivity index (χ0n) is 9.89. The Morgan fingerprint density at radius 3 is 2.61 bits per heavy atom. The Balaban J connectivity index is 2.31. The summed E-state index contributed by atoms with van der Waals surface area (Å²) in [6.45, 7) is 1.79. The zero-order valence-corrected chi connectivity index (χ0v) is 11.5. The molecule has 0 fully saturated rings. The van der Waals surface area contributed by atoms with Gasteiger partial charge < -0.3 is 4.57 Å². The topological polar surface area (TPSA) is 39.1 Å². The number of nitrogens with zero attached hydrogens (tertiary/aromatic N) is 1. The quantitative estimate of drug-likeness (QED) is 0.818. The van der Waals surface area contributed by atoms with E-state index >= 15 is 0 Å². The van der Waals surface area contributed by atoms with Gasteiger partial charge in [-0.2, -0.15) is 0 Å². The lowest BCUT2D eigenvalue weighted by Gasteiger charge is -2.07. The van der Waals surface area contributed by atoms with Crippen LogP contribution in [-0.2, 0) is 6.54 Å². The van der Waals surface area contributed by atoms with Crippen LogP contribution in [0.4, 0.5) is 0 Å². The zero-order chi connectivity index (χ0) is 13.1. The highest BCUT2D eigenvalue weighted by Gasteiger charge is 2.09. The minimum atomic E-state index is -0.137. The Morgan fingerprint density at radius 2 is 1.94 bits per heavy atom. The van der Waals surface area contributed by atoms with Crippen molar-refractivity contribution >= 4 is 21.7 Å². The van der Waals surface area contributed by atoms with Gasteiger partial charge in [0.1, 0.15) is 0 Å². The number of pyridine rings is 1. The molecule has 0 bridgehead atoms. The van der Waals surface area contributed by atoms with Crippen LogP contribution in [0.25, 0.3) is 0 Å². The summed E-state index contributed by atoms with van der Waals surface area (Å²) in [5.41, 5.74) is 1.09. The van der Waals surface area contributed by atoms with Gasteiger partial charge in [0, 0.05) is 21.8 Å². The highest BCUT2D eigenvalue weighted by atomic mass is 79.9. The second-order valence-electron chi connectivity index (χ2n) is 4.06. The van der Waals surface area contributed by atoms with Crippen molar-refractivity contribution in [3.63, 3.8) is 0 Å². The summed E-state index contributed by atoms with van der Waals surface area (Å²) in [4.78, 5) is 23.9. The van der Waals surface area contributed by atoms with Gasteiger partial charge in [-0.05, 0) is 28.9 Å². The van der Waals surface area contributed by atoms with Crippen LogP contribution in [0.5, 0.6) is 0 Å². The fourth-order valence-corrected chi connectivity index (χ4v) is 2.32. The second kappa shape index (κ2) is 5.31. The summed E-state index contributed by atoms with van der Waals surface area (Å²) in [7, 11) is 0. The minimum Gasteiger partial charge on any atom is -0.306 e. The van der Waals surface area contributed by atoms with Gasteiger partial charge in [-0.1, -0.05) is 30.3 Å². The summed E-state index contributed by atoms with van der Waals surface area (Å²) in [5.74, 6) is -0.0739. The summed E-state index contributed by atoms with van der Waals surface area (Å²) in [5, 5.41) is 0. The van der Waals surface area contributed by atoms with Crippen LogP contribution in [0.1, 0.15) is 15.9 Å². The molecule has 3 nitrogen and oxygen atoms in total. The molecule has 0 radical (unpaired) electrons. The van der Waals surface area contributed by atoms with Crippen LogP contribution >= 0.6 is 15.9 Å². The molecule has 0 saturated carbocycles. The van der Waals surface area contributed by atoms with Gasteiger partial charge in [-0.25, -0.2) is 0 Å². The maximum absolute atomic E-state index is 12.0. The maximum atomic E-state index is 12.0. The molecule has 2 aromatic rings. The molecule has 4 heteroatoms. The van der Waals surface area contributed by atoms with Crippen molar-refractivity contribution in [1.29, 1.82) is 0 Å². The third-order valence-electron chi connectivity index (χ3n) is 2.64. The van der Waals surface area contributed by atoms with Crippen molar-refractivity contribution < 1.29 is 4.79 Å². The number of aromatic nitrogens is 1. The number of aryl methyl sites for hydroxylation is 1. The summed E-state index contributed by atoms with van der Waals surface area (Å²) in [6, 6.07) is 10.7. The fraction of sp³-hybridized carbons (Fsp3) is 0.143. The lowest BCUT2D eigenvalue weighted by atomic mass is 10.1. The third kappa shape index (κ3) is 2.76. The largest absolute Gasteiger partial charge is 0.306 e. The Hall–Kier alpha value is -1.68. The van der Waals surface area contributed by atoms with E-state index in [1.807, 2.05) is 18.2 Å². The molecule has 0 saturated heterocycles. The molecular weight excluding hydrogens is 294 g/mol. The standard InChI is InChI=1S/C14H12BrNO2/c1-10-7-12(15)8-16(14(10)18)9-13(17)11-5-3-2-4-6-11/h2-8H,9H2,1H3. The molecule has 1 heterocycles. The number of ketones is 1. The number of hydrogen-bond donors (Lipinski definition) is 0. The summed E-state index contributed by atoms with van der Waals surface area (Å²) >= 11 is 3.32. The first-order chi connectivity index (χ1) is 8.58. The molecule has 0 aliphatic rings. The van der Waals surface area contributed by atoms with Crippen molar-refractivity contribution in [3.05, 3.63) is 68.5 Å². The molecule has 1 aromatic carbocycles. The predicted octanol–water partition coefficient (Wildman–Crippen LogP) is 2.80. The molecule has 0 unspecified atom stereocenters. The molecule has 0 spiro atoms. The molecule has 92 valence electrons. The molecular formula is C14H12BrNO2. The Labute approximate surface area is 113 Å². The van der Waals surface area contributed by atoms with Crippen molar-refractivity contribution in [3.8, 4) is 0 Å². The molecule has 0 atom stereocenters. The van der Waals surface area contributed by atoms with E-state index in [2.05, 4.69) is 15.9 Å². The van der Waals surface area contributed by atoms with Gasteiger partial charge >= 0.3 is 0 Å². The molecule has 0 amide bonds. The van der Waals surface area contributed by atoms with Crippen molar-refractivity contribution in [1.82, 2.24) is 4.57 Å². The number of benzene rings is 1. The number of hydrogen-bond acceptors (Lipinski definition) is 2. The number of carbonyl (C=O) groups is 1. The fourth-order valence-electron chi connectivity index (χ4n) is 1.73. The lowest BCUT2D eigenvalue weighted by molar-refractivity contribution is 0.0970. The predicted molar refractivity (Wildman–Crippen MR) is 73.9 cm³/mol. The van der Waals surface area contributed by atoms with Gasteiger partial charge in [0.05, 0.1) is 6.54 Å². The Kier molecular flexibility index (Phi) is 3.77. The van der Waals surface area contributed by atoms with Crippen LogP contribution in [-0.4, -0.2) is 10.4 Å². The van der Waals surface area contributed by atoms with Crippen molar-refractivity contribution in [2.75, 3.05) is 0 Å². The van der Waals surface area contributed by atoms with E-state index in [9.17, 15) is 9.59 Å². The van der Waals surface area contributed by atoms with E-state index in [0.717, 1.165) is 4.47 Å². The smallest absolute Gasteiger partial charge is 0.253 e. The van der Waals surface area contributed by atoms with Gasteiger partial charge in [0.2, 0.25) is 0 Å². The molecule has 2 rings (SSSR count). The average molecular weight is 306 g/mol. The van der Waals surface area contributed by atoms with Crippen molar-refractivity contribution in [2.24, 2.45) is 0 Å². The molecule has 0 aliphatic carbocycles. The van der Waals surface area contributed by atoms with Gasteiger partial charge in [0.15, 0.2) is 5.78 Å². The summed E-state index contributed by atoms with van der Waals surface area (Å²) < 4.78 is 2.22. The molecule has 0 N–H and O–H groups in total. The van der Waals surface area contributed by atoms with Crippen molar-refractivity contribution in [2.45, 2.75) is 13.5 Å². The highest BCUT2D eigenvalue weighted by molar-refractivity contribution is 9.10. The lowest BCUT2D eigenvalue weighted by Crippen LogP contribution is -2.25. The first-order valence-corrected chi connectivity index (χ1v) is 6.32. The van der Waals surface area contributed by atoms with Gasteiger partial charge in [-0.15, -0.1) is 0 Å². The van der Waals surface area contributed by atoms with E-state index in [-0.39, 0.29) is 17.9 Å². The van der Waals surface area contributed by atoms with Crippen LogP contribution in [0.3, 0.4) is 0 Å². The molecule has 0 aliphatic heterocycles. The van der Waals surface area contributed by atoms with Crippen LogP contribution < -0.4 is 5.56 Å². The first-order valence-electron chi connectivity index (χ1n) is 5.53. The SMILES string of the molecule is Cc1cc(Br)cn(CC(=O)c2ccccc2)c1=O. The average Bonchev–Trinajstić information content (AvgIpc) is 2.36. The van der Waals surface area contributed by atoms with E-state index in [1.54, 1.807) is 31.3 Å². The van der Waals surface area contributed by atoms with E-state index in [1.165, 1.54) is 4.57 Å². The summed E-state index contributed by atoms with van der Waals surface area (Å²) in [6.07, 6.45) is 1.64. The number of rotatable bonds is 3. The number of Topliss-reactive ketones (excluding diaryl/α,β-unsaturated/α-hetero) is 1. The Morgan fingerprint density at radius 1 is 1.28 bits per heavy atom. The number of halogens is 1. The first kappa shape index (κ1) is 12.8. The minimum absolute atomic E-state index is 0.0587. The van der Waals surface area contributed by atoms with E-state index < -0.39 is 0 Å². The highest BCUT2D eigenvalue weighted by Crippen LogP contribution is 2.09.